The molecule has 8 nitrogen and oxygen atoms in total. The predicted octanol–water partition coefficient (Wildman–Crippen LogP) is 4.15. The van der Waals surface area contributed by atoms with Gasteiger partial charge >= 0.3 is 4.38 Å². The third-order valence-electron chi connectivity index (χ3n) is 5.27. The van der Waals surface area contributed by atoms with Gasteiger partial charge in [0.1, 0.15) is 16.4 Å². The van der Waals surface area contributed by atoms with Crippen molar-refractivity contribution in [1.29, 1.82) is 0 Å². The van der Waals surface area contributed by atoms with Crippen LogP contribution in [0.5, 0.6) is 11.5 Å². The van der Waals surface area contributed by atoms with Crippen LogP contribution in [0, 0.1) is 0 Å². The molecule has 0 atom stereocenters. The molecule has 0 bridgehead atoms. The molecule has 1 saturated carbocycles. The van der Waals surface area contributed by atoms with Crippen molar-refractivity contribution in [2.45, 2.75) is 81.8 Å². The standard InChI is InChI=1S/C21H32N2O6S2/c1-3-5-14-28-17-12-13-19(29-15-6-4-2)20(16-17)31(26,27)21(23-22)30(24,25)18-10-8-7-9-11-18/h12-13,16,18H,3-11,14-15H2,1-2H3. The molecule has 0 spiro atoms. The Morgan fingerprint density at radius 3 is 2.19 bits per heavy atom. The molecule has 31 heavy (non-hydrogen) atoms. The zero-order valence-corrected chi connectivity index (χ0v) is 19.9. The van der Waals surface area contributed by atoms with E-state index in [2.05, 4.69) is 4.79 Å². The number of benzene rings is 1. The minimum Gasteiger partial charge on any atom is -0.494 e. The van der Waals surface area contributed by atoms with E-state index >= 15 is 0 Å². The van der Waals surface area contributed by atoms with Crippen molar-refractivity contribution < 1.29 is 31.1 Å². The maximum Gasteiger partial charge on any atom is 0.500 e. The first-order chi connectivity index (χ1) is 14.8. The maximum atomic E-state index is 13.4. The lowest BCUT2D eigenvalue weighted by molar-refractivity contribution is 0.00368. The second-order valence-corrected chi connectivity index (χ2v) is 11.9. The van der Waals surface area contributed by atoms with Crippen LogP contribution in [0.2, 0.25) is 0 Å². The highest BCUT2D eigenvalue weighted by Gasteiger charge is 2.48. The molecule has 0 saturated heterocycles. The summed E-state index contributed by atoms with van der Waals surface area (Å²) in [6, 6.07) is 4.28. The molecule has 1 aliphatic rings. The van der Waals surface area contributed by atoms with Crippen LogP contribution in [0.15, 0.2) is 23.1 Å². The lowest BCUT2D eigenvalue weighted by atomic mass is 10.0. The van der Waals surface area contributed by atoms with Crippen LogP contribution in [-0.4, -0.2) is 44.5 Å². The van der Waals surface area contributed by atoms with E-state index in [0.29, 0.717) is 38.7 Å². The third-order valence-corrected chi connectivity index (χ3v) is 9.98. The number of sulfone groups is 2. The van der Waals surface area contributed by atoms with Gasteiger partial charge in [-0.1, -0.05) is 46.0 Å². The van der Waals surface area contributed by atoms with Gasteiger partial charge in [0.25, 0.3) is 19.7 Å². The number of hydrogen-bond donors (Lipinski definition) is 0. The van der Waals surface area contributed by atoms with E-state index in [9.17, 15) is 22.4 Å². The van der Waals surface area contributed by atoms with Crippen molar-refractivity contribution in [3.05, 3.63) is 23.7 Å². The van der Waals surface area contributed by atoms with Gasteiger partial charge in [-0.25, -0.2) is 16.8 Å². The average molecular weight is 473 g/mol. The molecule has 1 aliphatic carbocycles. The average Bonchev–Trinajstić information content (AvgIpc) is 2.75. The van der Waals surface area contributed by atoms with Crippen LogP contribution in [-0.2, 0) is 19.7 Å². The summed E-state index contributed by atoms with van der Waals surface area (Å²) in [7, 11) is -9.01. The van der Waals surface area contributed by atoms with Crippen molar-refractivity contribution in [3.63, 3.8) is 0 Å². The SMILES string of the molecule is CCCCOc1ccc(OCCCC)c(S(=O)(=O)C(=[N+]=[N-])S(=O)(=O)C2CCCCC2)c1. The third kappa shape index (κ3) is 6.30. The van der Waals surface area contributed by atoms with Crippen molar-refractivity contribution in [1.82, 2.24) is 0 Å². The summed E-state index contributed by atoms with van der Waals surface area (Å²) < 4.78 is 62.9. The molecule has 10 heteroatoms. The predicted molar refractivity (Wildman–Crippen MR) is 119 cm³/mol. The molecular weight excluding hydrogens is 440 g/mol. The Bertz CT molecular complexity index is 993. The Labute approximate surface area is 185 Å². The van der Waals surface area contributed by atoms with Crippen molar-refractivity contribution in [2.24, 2.45) is 0 Å². The van der Waals surface area contributed by atoms with Gasteiger partial charge in [0, 0.05) is 6.07 Å². The molecule has 1 fully saturated rings. The zero-order chi connectivity index (χ0) is 22.9. The molecule has 0 unspecified atom stereocenters. The van der Waals surface area contributed by atoms with Crippen molar-refractivity contribution >= 4 is 24.1 Å². The van der Waals surface area contributed by atoms with E-state index in [1.54, 1.807) is 6.07 Å². The van der Waals surface area contributed by atoms with Gasteiger partial charge in [-0.15, -0.1) is 4.79 Å². The summed E-state index contributed by atoms with van der Waals surface area (Å²) in [5, 5.41) is -0.879. The minimum atomic E-state index is -4.67. The number of rotatable bonds is 10. The fourth-order valence-corrected chi connectivity index (χ4v) is 7.66. The highest BCUT2D eigenvalue weighted by molar-refractivity contribution is 8.31. The van der Waals surface area contributed by atoms with Crippen LogP contribution < -0.4 is 9.47 Å². The maximum absolute atomic E-state index is 13.4. The Morgan fingerprint density at radius 2 is 1.61 bits per heavy atom. The van der Waals surface area contributed by atoms with Crippen molar-refractivity contribution in [2.75, 3.05) is 13.2 Å². The number of ether oxygens (including phenoxy) is 2. The molecule has 2 rings (SSSR count). The summed E-state index contributed by atoms with van der Waals surface area (Å²) in [6.07, 6.45) is 6.21. The van der Waals surface area contributed by atoms with Gasteiger partial charge < -0.3 is 15.0 Å². The van der Waals surface area contributed by atoms with Gasteiger partial charge in [0.05, 0.1) is 18.5 Å². The quantitative estimate of drug-likeness (QED) is 0.166. The van der Waals surface area contributed by atoms with Crippen LogP contribution in [0.4, 0.5) is 0 Å². The first-order valence-corrected chi connectivity index (χ1v) is 13.9. The van der Waals surface area contributed by atoms with Gasteiger partial charge in [0.15, 0.2) is 0 Å². The lowest BCUT2D eigenvalue weighted by Gasteiger charge is -2.19. The van der Waals surface area contributed by atoms with E-state index in [1.165, 1.54) is 12.1 Å². The highest BCUT2D eigenvalue weighted by atomic mass is 32.3. The van der Waals surface area contributed by atoms with E-state index in [-0.39, 0.29) is 23.0 Å². The van der Waals surface area contributed by atoms with E-state index in [4.69, 9.17) is 9.47 Å². The van der Waals surface area contributed by atoms with Crippen LogP contribution >= 0.6 is 0 Å². The Hall–Kier alpha value is -1.90. The van der Waals surface area contributed by atoms with Gasteiger partial charge in [-0.05, 0) is 37.8 Å². The molecule has 0 amide bonds. The zero-order valence-electron chi connectivity index (χ0n) is 18.2. The lowest BCUT2D eigenvalue weighted by Crippen LogP contribution is -2.35. The Morgan fingerprint density at radius 1 is 1.00 bits per heavy atom. The van der Waals surface area contributed by atoms with E-state index in [0.717, 1.165) is 25.7 Å². The first kappa shape index (κ1) is 25.4. The monoisotopic (exact) mass is 472 g/mol. The Kier molecular flexibility index (Phi) is 9.53. The summed E-state index contributed by atoms with van der Waals surface area (Å²) in [5.41, 5.74) is 9.49. The number of nitrogens with zero attached hydrogens (tertiary/aromatic N) is 2. The normalized spacial score (nSPS) is 15.3. The first-order valence-electron chi connectivity index (χ1n) is 10.9. The number of unbranched alkanes of at least 4 members (excludes halogenated alkanes) is 2. The molecule has 0 heterocycles. The molecule has 0 N–H and O–H groups in total. The fourth-order valence-electron chi connectivity index (χ4n) is 3.44. The van der Waals surface area contributed by atoms with E-state index in [1.807, 2.05) is 13.8 Å². The summed E-state index contributed by atoms with van der Waals surface area (Å²) in [4.78, 5) is 2.40. The van der Waals surface area contributed by atoms with Gasteiger partial charge in [-0.3, -0.25) is 0 Å². The molecule has 0 aliphatic heterocycles. The van der Waals surface area contributed by atoms with Crippen LogP contribution in [0.25, 0.3) is 5.53 Å². The summed E-state index contributed by atoms with van der Waals surface area (Å²) in [6.45, 7) is 4.65. The molecule has 1 aromatic rings. The van der Waals surface area contributed by atoms with Crippen molar-refractivity contribution in [3.8, 4) is 11.5 Å². The molecule has 1 aromatic carbocycles. The summed E-state index contributed by atoms with van der Waals surface area (Å²) in [5.74, 6) is 0.290. The minimum absolute atomic E-state index is 0.0104. The second kappa shape index (κ2) is 11.6. The largest absolute Gasteiger partial charge is 0.500 e. The molecule has 174 valence electrons. The molecular formula is C21H32N2O6S2. The number of hydrogen-bond acceptors (Lipinski definition) is 6. The smallest absolute Gasteiger partial charge is 0.494 e. The van der Waals surface area contributed by atoms with Crippen LogP contribution in [0.1, 0.15) is 71.6 Å². The molecule has 0 aromatic heterocycles. The van der Waals surface area contributed by atoms with E-state index < -0.39 is 29.3 Å². The fraction of sp³-hybridized carbons (Fsp3) is 0.667. The molecule has 0 radical (unpaired) electrons. The topological polar surface area (TPSA) is 123 Å². The van der Waals surface area contributed by atoms with Gasteiger partial charge in [0.2, 0.25) is 0 Å². The second-order valence-electron chi connectivity index (χ2n) is 7.69. The van der Waals surface area contributed by atoms with Gasteiger partial charge in [-0.2, -0.15) is 0 Å². The Balaban J connectivity index is 2.48. The van der Waals surface area contributed by atoms with Crippen LogP contribution in [0.3, 0.4) is 0 Å². The highest BCUT2D eigenvalue weighted by Crippen LogP contribution is 2.33. The summed E-state index contributed by atoms with van der Waals surface area (Å²) >= 11 is 0.